The molecular weight excluding hydrogens is 617 g/mol. The van der Waals surface area contributed by atoms with E-state index in [2.05, 4.69) is 5.32 Å². The lowest BCUT2D eigenvalue weighted by Crippen LogP contribution is -2.54. The Bertz CT molecular complexity index is 1680. The average Bonchev–Trinajstić information content (AvgIpc) is 3.00. The van der Waals surface area contributed by atoms with Crippen molar-refractivity contribution in [1.82, 2.24) is 10.2 Å². The molecule has 0 aromatic heterocycles. The van der Waals surface area contributed by atoms with Crippen molar-refractivity contribution in [2.24, 2.45) is 0 Å². The van der Waals surface area contributed by atoms with Crippen LogP contribution in [0.25, 0.3) is 0 Å². The monoisotopic (exact) mass is 651 g/mol. The maximum atomic E-state index is 14.5. The number of carbonyl (C=O) groups excluding carboxylic acids is 2. The van der Waals surface area contributed by atoms with Gasteiger partial charge >= 0.3 is 0 Å². The number of amides is 2. The number of carbonyl (C=O) groups is 2. The second-order valence-electron chi connectivity index (χ2n) is 10.8. The van der Waals surface area contributed by atoms with Crippen LogP contribution >= 0.6 is 23.2 Å². The fraction of sp³-hybridized carbons (Fsp3) is 0.235. The highest BCUT2D eigenvalue weighted by atomic mass is 35.5. The van der Waals surface area contributed by atoms with Gasteiger partial charge in [-0.25, -0.2) is 8.42 Å². The molecule has 0 spiro atoms. The van der Waals surface area contributed by atoms with Gasteiger partial charge in [0.2, 0.25) is 11.8 Å². The Labute approximate surface area is 269 Å². The molecule has 0 fully saturated rings. The quantitative estimate of drug-likeness (QED) is 0.186. The summed E-state index contributed by atoms with van der Waals surface area (Å²) in [5, 5.41) is 3.08. The Balaban J connectivity index is 1.82. The molecule has 230 valence electrons. The third-order valence-electron chi connectivity index (χ3n) is 6.99. The largest absolute Gasteiger partial charge is 0.352 e. The predicted octanol–water partition coefficient (Wildman–Crippen LogP) is 6.66. The second-order valence-corrected chi connectivity index (χ2v) is 13.4. The molecule has 4 aromatic carbocycles. The van der Waals surface area contributed by atoms with Crippen molar-refractivity contribution in [1.29, 1.82) is 0 Å². The predicted molar refractivity (Wildman–Crippen MR) is 176 cm³/mol. The van der Waals surface area contributed by atoms with Crippen LogP contribution in [0, 0.1) is 6.92 Å². The van der Waals surface area contributed by atoms with Crippen LogP contribution in [0.1, 0.15) is 30.5 Å². The Kier molecular flexibility index (Phi) is 11.1. The van der Waals surface area contributed by atoms with Crippen LogP contribution in [-0.4, -0.2) is 43.8 Å². The van der Waals surface area contributed by atoms with Crippen LogP contribution in [0.15, 0.2) is 108 Å². The van der Waals surface area contributed by atoms with Crippen molar-refractivity contribution >= 4 is 50.7 Å². The van der Waals surface area contributed by atoms with Gasteiger partial charge < -0.3 is 10.2 Å². The molecule has 7 nitrogen and oxygen atoms in total. The van der Waals surface area contributed by atoms with Crippen LogP contribution in [0.4, 0.5) is 5.69 Å². The number of sulfonamides is 1. The van der Waals surface area contributed by atoms with Gasteiger partial charge in [0, 0.05) is 19.0 Å². The van der Waals surface area contributed by atoms with E-state index in [-0.39, 0.29) is 45.5 Å². The summed E-state index contributed by atoms with van der Waals surface area (Å²) in [4.78, 5) is 29.6. The van der Waals surface area contributed by atoms with E-state index in [9.17, 15) is 18.0 Å². The summed E-state index contributed by atoms with van der Waals surface area (Å²) < 4.78 is 29.1. The molecule has 4 aromatic rings. The number of nitrogens with one attached hydrogen (secondary N) is 1. The molecule has 0 aliphatic carbocycles. The average molecular weight is 653 g/mol. The van der Waals surface area contributed by atoms with Gasteiger partial charge in [-0.3, -0.25) is 13.9 Å². The highest BCUT2D eigenvalue weighted by Crippen LogP contribution is 2.35. The number of benzene rings is 4. The van der Waals surface area contributed by atoms with Gasteiger partial charge in [0.25, 0.3) is 10.0 Å². The minimum atomic E-state index is -4.28. The van der Waals surface area contributed by atoms with Crippen LogP contribution in [0.2, 0.25) is 10.0 Å². The summed E-state index contributed by atoms with van der Waals surface area (Å²) in [5.41, 5.74) is 2.74. The van der Waals surface area contributed by atoms with E-state index in [0.717, 1.165) is 21.0 Å². The summed E-state index contributed by atoms with van der Waals surface area (Å²) in [6.07, 6.45) is 0.223. The molecule has 1 atom stereocenters. The molecule has 0 saturated heterocycles. The minimum absolute atomic E-state index is 0.00931. The maximum absolute atomic E-state index is 14.5. The Morgan fingerprint density at radius 3 is 2.02 bits per heavy atom. The van der Waals surface area contributed by atoms with Crippen LogP contribution in [-0.2, 0) is 32.6 Å². The van der Waals surface area contributed by atoms with Crippen LogP contribution in [0.3, 0.4) is 0 Å². The smallest absolute Gasteiger partial charge is 0.264 e. The topological polar surface area (TPSA) is 86.8 Å². The highest BCUT2D eigenvalue weighted by Gasteiger charge is 2.35. The van der Waals surface area contributed by atoms with Gasteiger partial charge in [-0.05, 0) is 56.2 Å². The summed E-state index contributed by atoms with van der Waals surface area (Å²) in [5.74, 6) is -0.927. The summed E-state index contributed by atoms with van der Waals surface area (Å²) in [6, 6.07) is 28.3. The highest BCUT2D eigenvalue weighted by molar-refractivity contribution is 7.92. The second kappa shape index (κ2) is 14.8. The van der Waals surface area contributed by atoms with Crippen LogP contribution in [0.5, 0.6) is 0 Å². The van der Waals surface area contributed by atoms with Crippen molar-refractivity contribution in [2.75, 3.05) is 10.8 Å². The lowest BCUT2D eigenvalue weighted by molar-refractivity contribution is -0.140. The number of anilines is 1. The molecule has 10 heteroatoms. The maximum Gasteiger partial charge on any atom is 0.264 e. The lowest BCUT2D eigenvalue weighted by Gasteiger charge is -2.34. The van der Waals surface area contributed by atoms with Crippen molar-refractivity contribution < 1.29 is 18.0 Å². The van der Waals surface area contributed by atoms with Crippen molar-refractivity contribution in [3.05, 3.63) is 130 Å². The summed E-state index contributed by atoms with van der Waals surface area (Å²) >= 11 is 12.8. The fourth-order valence-electron chi connectivity index (χ4n) is 4.74. The van der Waals surface area contributed by atoms with E-state index >= 15 is 0 Å². The normalized spacial score (nSPS) is 12.0. The SMILES string of the molecule is Cc1ccc(CN(C(=O)CN(c2cccc(Cl)c2Cl)S(=O)(=O)c2ccccc2)[C@H](Cc2ccccc2)C(=O)NC(C)C)cc1. The van der Waals surface area contributed by atoms with Crippen molar-refractivity contribution in [3.63, 3.8) is 0 Å². The van der Waals surface area contributed by atoms with E-state index in [1.807, 2.05) is 75.4 Å². The zero-order chi connectivity index (χ0) is 31.9. The lowest BCUT2D eigenvalue weighted by atomic mass is 10.0. The van der Waals surface area contributed by atoms with Gasteiger partial charge in [0.1, 0.15) is 12.6 Å². The van der Waals surface area contributed by atoms with Gasteiger partial charge in [-0.2, -0.15) is 0 Å². The van der Waals surface area contributed by atoms with Gasteiger partial charge in [-0.1, -0.05) is 108 Å². The van der Waals surface area contributed by atoms with Gasteiger partial charge in [0.05, 0.1) is 20.6 Å². The Morgan fingerprint density at radius 2 is 1.41 bits per heavy atom. The third-order valence-corrected chi connectivity index (χ3v) is 9.57. The molecule has 0 radical (unpaired) electrons. The summed E-state index contributed by atoms with van der Waals surface area (Å²) in [7, 11) is -4.28. The number of nitrogens with zero attached hydrogens (tertiary/aromatic N) is 2. The molecule has 1 N–H and O–H groups in total. The summed E-state index contributed by atoms with van der Waals surface area (Å²) in [6.45, 7) is 5.11. The molecule has 0 aliphatic rings. The van der Waals surface area contributed by atoms with Crippen LogP contribution < -0.4 is 9.62 Å². The molecule has 4 rings (SSSR count). The number of hydrogen-bond donors (Lipinski definition) is 1. The molecule has 2 amide bonds. The molecule has 0 unspecified atom stereocenters. The molecule has 44 heavy (non-hydrogen) atoms. The fourth-order valence-corrected chi connectivity index (χ4v) is 6.64. The number of halogens is 2. The molecular formula is C34H35Cl2N3O4S. The van der Waals surface area contributed by atoms with E-state index in [1.165, 1.54) is 23.1 Å². The zero-order valence-electron chi connectivity index (χ0n) is 24.8. The molecule has 0 saturated carbocycles. The molecule has 0 bridgehead atoms. The molecule has 0 aliphatic heterocycles. The Hall–Kier alpha value is -3.85. The van der Waals surface area contributed by atoms with E-state index in [4.69, 9.17) is 23.2 Å². The van der Waals surface area contributed by atoms with Gasteiger partial charge in [-0.15, -0.1) is 0 Å². The van der Waals surface area contributed by atoms with Crippen molar-refractivity contribution in [2.45, 2.75) is 50.7 Å². The first-order valence-electron chi connectivity index (χ1n) is 14.2. The number of aryl methyl sites for hydroxylation is 1. The van der Waals surface area contributed by atoms with E-state index in [1.54, 1.807) is 30.3 Å². The zero-order valence-corrected chi connectivity index (χ0v) is 27.1. The minimum Gasteiger partial charge on any atom is -0.352 e. The third kappa shape index (κ3) is 8.20. The van der Waals surface area contributed by atoms with Crippen molar-refractivity contribution in [3.8, 4) is 0 Å². The number of hydrogen-bond acceptors (Lipinski definition) is 4. The van der Waals surface area contributed by atoms with E-state index in [0.29, 0.717) is 0 Å². The molecule has 0 heterocycles. The first-order chi connectivity index (χ1) is 21.0. The van der Waals surface area contributed by atoms with Gasteiger partial charge in [0.15, 0.2) is 0 Å². The standard InChI is InChI=1S/C34H35Cl2N3O4S/c1-24(2)37-34(41)31(21-26-11-6-4-7-12-26)38(22-27-19-17-25(3)18-20-27)32(40)23-39(30-16-10-15-29(35)33(30)36)44(42,43)28-13-8-5-9-14-28/h4-20,24,31H,21-23H2,1-3H3,(H,37,41)/t31-/m1/s1. The Morgan fingerprint density at radius 1 is 0.795 bits per heavy atom. The van der Waals surface area contributed by atoms with E-state index < -0.39 is 28.5 Å². The first kappa shape index (κ1) is 33.1. The number of rotatable bonds is 12. The first-order valence-corrected chi connectivity index (χ1v) is 16.4.